The maximum Gasteiger partial charge on any atom is 0.0624 e. The van der Waals surface area contributed by atoms with Crippen LogP contribution < -0.4 is 5.73 Å². The van der Waals surface area contributed by atoms with Crippen molar-refractivity contribution in [3.05, 3.63) is 33.8 Å². The number of hydrogen-bond donors (Lipinski definition) is 1. The van der Waals surface area contributed by atoms with Crippen molar-refractivity contribution >= 4 is 23.2 Å². The van der Waals surface area contributed by atoms with Crippen molar-refractivity contribution in [2.75, 3.05) is 0 Å². The second kappa shape index (κ2) is 3.97. The molecule has 0 spiro atoms. The van der Waals surface area contributed by atoms with Gasteiger partial charge in [0.1, 0.15) is 0 Å². The van der Waals surface area contributed by atoms with Crippen LogP contribution in [-0.2, 0) is 6.42 Å². The zero-order valence-electron chi connectivity index (χ0n) is 8.76. The van der Waals surface area contributed by atoms with Crippen molar-refractivity contribution < 1.29 is 0 Å². The molecule has 1 fully saturated rings. The van der Waals surface area contributed by atoms with E-state index in [1.54, 1.807) is 6.07 Å². The second-order valence-electron chi connectivity index (χ2n) is 4.68. The van der Waals surface area contributed by atoms with Gasteiger partial charge in [-0.1, -0.05) is 42.3 Å². The maximum absolute atomic E-state index is 6.16. The smallest absolute Gasteiger partial charge is 0.0624 e. The molecule has 0 amide bonds. The molecule has 0 bridgehead atoms. The molecule has 1 aliphatic carbocycles. The molecule has 0 saturated heterocycles. The van der Waals surface area contributed by atoms with Crippen LogP contribution in [0.2, 0.25) is 10.0 Å². The minimum Gasteiger partial charge on any atom is -0.327 e. The van der Waals surface area contributed by atoms with Crippen LogP contribution in [0.3, 0.4) is 0 Å². The Labute approximate surface area is 101 Å². The van der Waals surface area contributed by atoms with Crippen LogP contribution in [0.5, 0.6) is 0 Å². The molecule has 1 saturated carbocycles. The van der Waals surface area contributed by atoms with E-state index < -0.39 is 0 Å². The van der Waals surface area contributed by atoms with Gasteiger partial charge in [-0.05, 0) is 36.3 Å². The summed E-state index contributed by atoms with van der Waals surface area (Å²) < 4.78 is 0. The lowest BCUT2D eigenvalue weighted by Gasteiger charge is -2.19. The minimum atomic E-state index is 0.188. The predicted molar refractivity (Wildman–Crippen MR) is 65.5 cm³/mol. The summed E-state index contributed by atoms with van der Waals surface area (Å²) in [6.07, 6.45) is 3.27. The van der Waals surface area contributed by atoms with Gasteiger partial charge in [0.25, 0.3) is 0 Å². The fourth-order valence-corrected chi connectivity index (χ4v) is 2.15. The highest BCUT2D eigenvalue weighted by Crippen LogP contribution is 2.48. The quantitative estimate of drug-likeness (QED) is 0.862. The van der Waals surface area contributed by atoms with E-state index in [9.17, 15) is 0 Å². The monoisotopic (exact) mass is 243 g/mol. The summed E-state index contributed by atoms with van der Waals surface area (Å²) in [5, 5.41) is 1.26. The molecular weight excluding hydrogens is 229 g/mol. The fraction of sp³-hybridized carbons (Fsp3) is 0.500. The van der Waals surface area contributed by atoms with E-state index >= 15 is 0 Å². The summed E-state index contributed by atoms with van der Waals surface area (Å²) in [7, 11) is 0. The van der Waals surface area contributed by atoms with Crippen LogP contribution in [0.25, 0.3) is 0 Å². The standard InChI is InChI=1S/C12H15Cl2N/c1-12(5-6-12)10(15)7-8-3-2-4-9(13)11(8)14/h2-4,10H,5-7,15H2,1H3. The molecule has 0 radical (unpaired) electrons. The lowest BCUT2D eigenvalue weighted by atomic mass is 9.93. The number of halogens is 2. The lowest BCUT2D eigenvalue weighted by molar-refractivity contribution is 0.433. The molecule has 1 nitrogen and oxygen atoms in total. The summed E-state index contributed by atoms with van der Waals surface area (Å²) in [5.74, 6) is 0. The van der Waals surface area contributed by atoms with Gasteiger partial charge in [-0.25, -0.2) is 0 Å². The number of nitrogens with two attached hydrogens (primary N) is 1. The Kier molecular flexibility index (Phi) is 2.98. The summed E-state index contributed by atoms with van der Waals surface area (Å²) in [5.41, 5.74) is 7.55. The summed E-state index contributed by atoms with van der Waals surface area (Å²) >= 11 is 12.1. The van der Waals surface area contributed by atoms with Gasteiger partial charge in [-0.2, -0.15) is 0 Å². The highest BCUT2D eigenvalue weighted by molar-refractivity contribution is 6.42. The Balaban J connectivity index is 2.14. The van der Waals surface area contributed by atoms with Crippen molar-refractivity contribution in [3.63, 3.8) is 0 Å². The summed E-state index contributed by atoms with van der Waals surface area (Å²) in [6, 6.07) is 5.91. The van der Waals surface area contributed by atoms with Crippen molar-refractivity contribution in [3.8, 4) is 0 Å². The first-order chi connectivity index (χ1) is 7.03. The fourth-order valence-electron chi connectivity index (χ4n) is 1.76. The first-order valence-electron chi connectivity index (χ1n) is 5.21. The summed E-state index contributed by atoms with van der Waals surface area (Å²) in [6.45, 7) is 2.23. The van der Waals surface area contributed by atoms with Gasteiger partial charge in [0, 0.05) is 6.04 Å². The normalized spacial score (nSPS) is 20.0. The molecule has 3 heteroatoms. The third-order valence-corrected chi connectivity index (χ3v) is 4.26. The average molecular weight is 244 g/mol. The van der Waals surface area contributed by atoms with Crippen LogP contribution in [0.4, 0.5) is 0 Å². The van der Waals surface area contributed by atoms with Gasteiger partial charge in [0.05, 0.1) is 10.0 Å². The molecule has 1 unspecified atom stereocenters. The second-order valence-corrected chi connectivity index (χ2v) is 5.46. The van der Waals surface area contributed by atoms with E-state index in [2.05, 4.69) is 6.92 Å². The van der Waals surface area contributed by atoms with Crippen LogP contribution in [0.15, 0.2) is 18.2 Å². The molecule has 2 rings (SSSR count). The zero-order valence-corrected chi connectivity index (χ0v) is 10.3. The van der Waals surface area contributed by atoms with Gasteiger partial charge in [-0.15, -0.1) is 0 Å². The van der Waals surface area contributed by atoms with Gasteiger partial charge in [0.15, 0.2) is 0 Å². The average Bonchev–Trinajstić information content (AvgIpc) is 2.93. The molecule has 0 aliphatic heterocycles. The van der Waals surface area contributed by atoms with Gasteiger partial charge >= 0.3 is 0 Å². The molecule has 82 valence electrons. The molecule has 0 aromatic heterocycles. The van der Waals surface area contributed by atoms with Crippen LogP contribution in [-0.4, -0.2) is 6.04 Å². The maximum atomic E-state index is 6.16. The zero-order chi connectivity index (χ0) is 11.1. The van der Waals surface area contributed by atoms with E-state index in [1.165, 1.54) is 12.8 Å². The molecule has 15 heavy (non-hydrogen) atoms. The third kappa shape index (κ3) is 2.30. The van der Waals surface area contributed by atoms with Crippen molar-refractivity contribution in [2.24, 2.45) is 11.1 Å². The topological polar surface area (TPSA) is 26.0 Å². The van der Waals surface area contributed by atoms with E-state index in [-0.39, 0.29) is 6.04 Å². The number of rotatable bonds is 3. The Morgan fingerprint density at radius 3 is 2.67 bits per heavy atom. The van der Waals surface area contributed by atoms with Crippen molar-refractivity contribution in [1.82, 2.24) is 0 Å². The first kappa shape index (κ1) is 11.3. The highest BCUT2D eigenvalue weighted by Gasteiger charge is 2.42. The third-order valence-electron chi connectivity index (χ3n) is 3.41. The largest absolute Gasteiger partial charge is 0.327 e. The molecule has 0 heterocycles. The predicted octanol–water partition coefficient (Wildman–Crippen LogP) is 3.66. The Bertz CT molecular complexity index is 372. The number of hydrogen-bond acceptors (Lipinski definition) is 1. The molecule has 2 N–H and O–H groups in total. The Hall–Kier alpha value is -0.240. The number of benzene rings is 1. The Morgan fingerprint density at radius 1 is 1.40 bits per heavy atom. The lowest BCUT2D eigenvalue weighted by Crippen LogP contribution is -2.31. The van der Waals surface area contributed by atoms with Crippen LogP contribution in [0, 0.1) is 5.41 Å². The molecule has 1 atom stereocenters. The molecule has 1 aromatic carbocycles. The summed E-state index contributed by atoms with van der Waals surface area (Å²) in [4.78, 5) is 0. The van der Waals surface area contributed by atoms with E-state index in [0.717, 1.165) is 12.0 Å². The molecule has 1 aliphatic rings. The van der Waals surface area contributed by atoms with Gasteiger partial charge in [0.2, 0.25) is 0 Å². The highest BCUT2D eigenvalue weighted by atomic mass is 35.5. The van der Waals surface area contributed by atoms with Gasteiger partial charge in [-0.3, -0.25) is 0 Å². The van der Waals surface area contributed by atoms with Gasteiger partial charge < -0.3 is 5.73 Å². The molecule has 1 aromatic rings. The van der Waals surface area contributed by atoms with Crippen LogP contribution >= 0.6 is 23.2 Å². The van der Waals surface area contributed by atoms with Crippen molar-refractivity contribution in [1.29, 1.82) is 0 Å². The van der Waals surface area contributed by atoms with E-state index in [1.807, 2.05) is 12.1 Å². The Morgan fingerprint density at radius 2 is 2.07 bits per heavy atom. The van der Waals surface area contributed by atoms with E-state index in [4.69, 9.17) is 28.9 Å². The molecular formula is C12H15Cl2N. The SMILES string of the molecule is CC1(C(N)Cc2cccc(Cl)c2Cl)CC1. The van der Waals surface area contributed by atoms with Crippen molar-refractivity contribution in [2.45, 2.75) is 32.2 Å². The first-order valence-corrected chi connectivity index (χ1v) is 5.97. The van der Waals surface area contributed by atoms with E-state index in [0.29, 0.717) is 15.5 Å². The minimum absolute atomic E-state index is 0.188. The van der Waals surface area contributed by atoms with Crippen LogP contribution in [0.1, 0.15) is 25.3 Å².